The van der Waals surface area contributed by atoms with Crippen LogP contribution < -0.4 is 0 Å². The third kappa shape index (κ3) is 2.61. The first-order valence-corrected chi connectivity index (χ1v) is 3.96. The van der Waals surface area contributed by atoms with E-state index in [1.807, 2.05) is 20.0 Å². The monoisotopic (exact) mass is 143 g/mol. The SMILES string of the molecule is CC.Cc1cnsc1C. The summed E-state index contributed by atoms with van der Waals surface area (Å²) in [6.07, 6.45) is 1.89. The molecular weight excluding hydrogens is 130 g/mol. The molecule has 0 aromatic carbocycles. The summed E-state index contributed by atoms with van der Waals surface area (Å²) < 4.78 is 3.96. The predicted octanol–water partition coefficient (Wildman–Crippen LogP) is 2.79. The number of nitrogens with zero attached hydrogens (tertiary/aromatic N) is 1. The van der Waals surface area contributed by atoms with Gasteiger partial charge in [-0.25, -0.2) is 4.37 Å². The van der Waals surface area contributed by atoms with E-state index in [1.54, 1.807) is 11.5 Å². The largest absolute Gasteiger partial charge is 0.201 e. The first kappa shape index (κ1) is 8.63. The zero-order valence-corrected chi connectivity index (χ0v) is 7.25. The van der Waals surface area contributed by atoms with Crippen LogP contribution in [0.1, 0.15) is 24.3 Å². The Morgan fingerprint density at radius 1 is 1.33 bits per heavy atom. The van der Waals surface area contributed by atoms with Crippen molar-refractivity contribution >= 4 is 11.5 Å². The molecule has 0 spiro atoms. The Hall–Kier alpha value is -0.370. The predicted molar refractivity (Wildman–Crippen MR) is 42.9 cm³/mol. The second kappa shape index (κ2) is 4.50. The highest BCUT2D eigenvalue weighted by atomic mass is 32.1. The Balaban J connectivity index is 0.000000291. The smallest absolute Gasteiger partial charge is 0.0438 e. The van der Waals surface area contributed by atoms with Gasteiger partial charge >= 0.3 is 0 Å². The van der Waals surface area contributed by atoms with Crippen LogP contribution in [0.4, 0.5) is 0 Å². The van der Waals surface area contributed by atoms with E-state index in [-0.39, 0.29) is 0 Å². The molecule has 0 atom stereocenters. The first-order chi connectivity index (χ1) is 4.30. The average molecular weight is 143 g/mol. The van der Waals surface area contributed by atoms with Crippen LogP contribution in [-0.2, 0) is 0 Å². The summed E-state index contributed by atoms with van der Waals surface area (Å²) >= 11 is 1.55. The molecule has 2 heteroatoms. The molecule has 1 aromatic rings. The molecule has 1 rings (SSSR count). The third-order valence-corrected chi connectivity index (χ3v) is 1.80. The van der Waals surface area contributed by atoms with Crippen molar-refractivity contribution in [1.29, 1.82) is 0 Å². The maximum Gasteiger partial charge on any atom is 0.0438 e. The molecule has 52 valence electrons. The number of hydrogen-bond acceptors (Lipinski definition) is 2. The topological polar surface area (TPSA) is 12.9 Å². The summed E-state index contributed by atoms with van der Waals surface area (Å²) in [5, 5.41) is 0. The summed E-state index contributed by atoms with van der Waals surface area (Å²) in [6, 6.07) is 0. The Labute approximate surface area is 60.9 Å². The third-order valence-electron chi connectivity index (χ3n) is 0.991. The Morgan fingerprint density at radius 2 is 1.89 bits per heavy atom. The fraction of sp³-hybridized carbons (Fsp3) is 0.571. The molecule has 0 aliphatic rings. The molecule has 0 bridgehead atoms. The van der Waals surface area contributed by atoms with Gasteiger partial charge in [0.1, 0.15) is 0 Å². The van der Waals surface area contributed by atoms with Crippen LogP contribution in [0.3, 0.4) is 0 Å². The van der Waals surface area contributed by atoms with Gasteiger partial charge in [-0.1, -0.05) is 13.8 Å². The number of aryl methyl sites for hydroxylation is 2. The second-order valence-electron chi connectivity index (χ2n) is 1.56. The summed E-state index contributed by atoms with van der Waals surface area (Å²) in [5.74, 6) is 0. The van der Waals surface area contributed by atoms with Gasteiger partial charge in [-0.2, -0.15) is 0 Å². The quantitative estimate of drug-likeness (QED) is 0.544. The Morgan fingerprint density at radius 3 is 2.00 bits per heavy atom. The van der Waals surface area contributed by atoms with E-state index in [0.29, 0.717) is 0 Å². The minimum absolute atomic E-state index is 1.30. The van der Waals surface area contributed by atoms with Crippen LogP contribution in [0, 0.1) is 13.8 Å². The highest BCUT2D eigenvalue weighted by Gasteiger charge is 1.88. The zero-order chi connectivity index (χ0) is 7.28. The van der Waals surface area contributed by atoms with Gasteiger partial charge in [0.25, 0.3) is 0 Å². The maximum atomic E-state index is 3.96. The lowest BCUT2D eigenvalue weighted by Crippen LogP contribution is -1.61. The Bertz CT molecular complexity index is 141. The zero-order valence-electron chi connectivity index (χ0n) is 6.43. The summed E-state index contributed by atoms with van der Waals surface area (Å²) in [5.41, 5.74) is 1.30. The van der Waals surface area contributed by atoms with Gasteiger partial charge in [-0.15, -0.1) is 0 Å². The average Bonchev–Trinajstić information content (AvgIpc) is 2.23. The highest BCUT2D eigenvalue weighted by Crippen LogP contribution is 2.07. The molecule has 0 amide bonds. The van der Waals surface area contributed by atoms with Crippen LogP contribution in [0.25, 0.3) is 0 Å². The van der Waals surface area contributed by atoms with Gasteiger partial charge in [-0.05, 0) is 30.9 Å². The van der Waals surface area contributed by atoms with Crippen LogP contribution in [-0.4, -0.2) is 4.37 Å². The number of rotatable bonds is 0. The first-order valence-electron chi connectivity index (χ1n) is 3.18. The molecule has 1 nitrogen and oxygen atoms in total. The van der Waals surface area contributed by atoms with E-state index in [4.69, 9.17) is 0 Å². The lowest BCUT2D eigenvalue weighted by Gasteiger charge is -1.77. The van der Waals surface area contributed by atoms with Crippen molar-refractivity contribution < 1.29 is 0 Å². The second-order valence-corrected chi connectivity index (χ2v) is 2.57. The molecular formula is C7H13NS. The van der Waals surface area contributed by atoms with E-state index in [9.17, 15) is 0 Å². The van der Waals surface area contributed by atoms with Crippen LogP contribution in [0.15, 0.2) is 6.20 Å². The van der Waals surface area contributed by atoms with Crippen molar-refractivity contribution in [1.82, 2.24) is 4.37 Å². The molecule has 1 heterocycles. The van der Waals surface area contributed by atoms with E-state index >= 15 is 0 Å². The molecule has 0 N–H and O–H groups in total. The van der Waals surface area contributed by atoms with E-state index in [2.05, 4.69) is 18.2 Å². The van der Waals surface area contributed by atoms with Gasteiger partial charge in [0.2, 0.25) is 0 Å². The van der Waals surface area contributed by atoms with Crippen LogP contribution in [0.2, 0.25) is 0 Å². The molecule has 0 aliphatic carbocycles. The van der Waals surface area contributed by atoms with Crippen molar-refractivity contribution in [2.45, 2.75) is 27.7 Å². The molecule has 0 aliphatic heterocycles. The fourth-order valence-electron chi connectivity index (χ4n) is 0.347. The lowest BCUT2D eigenvalue weighted by molar-refractivity contribution is 1.40. The summed E-state index contributed by atoms with van der Waals surface area (Å²) in [6.45, 7) is 8.14. The van der Waals surface area contributed by atoms with Crippen molar-refractivity contribution in [3.05, 3.63) is 16.6 Å². The normalized spacial score (nSPS) is 8.00. The number of hydrogen-bond donors (Lipinski definition) is 0. The van der Waals surface area contributed by atoms with Crippen molar-refractivity contribution in [2.75, 3.05) is 0 Å². The Kier molecular flexibility index (Phi) is 4.32. The number of aromatic nitrogens is 1. The van der Waals surface area contributed by atoms with E-state index < -0.39 is 0 Å². The molecule has 0 radical (unpaired) electrons. The standard InChI is InChI=1S/C5H7NS.C2H6/c1-4-3-6-7-5(4)2;1-2/h3H,1-2H3;1-2H3. The molecule has 1 aromatic heterocycles. The minimum Gasteiger partial charge on any atom is -0.201 e. The van der Waals surface area contributed by atoms with Gasteiger partial charge in [0, 0.05) is 11.1 Å². The van der Waals surface area contributed by atoms with Crippen molar-refractivity contribution in [3.8, 4) is 0 Å². The van der Waals surface area contributed by atoms with Gasteiger partial charge < -0.3 is 0 Å². The minimum atomic E-state index is 1.30. The van der Waals surface area contributed by atoms with E-state index in [0.717, 1.165) is 0 Å². The molecule has 0 fully saturated rings. The molecule has 0 unspecified atom stereocenters. The van der Waals surface area contributed by atoms with Crippen molar-refractivity contribution in [3.63, 3.8) is 0 Å². The molecule has 0 saturated carbocycles. The maximum absolute atomic E-state index is 3.96. The summed E-state index contributed by atoms with van der Waals surface area (Å²) in [7, 11) is 0. The van der Waals surface area contributed by atoms with Gasteiger partial charge in [0.05, 0.1) is 0 Å². The van der Waals surface area contributed by atoms with E-state index in [1.165, 1.54) is 10.4 Å². The lowest BCUT2D eigenvalue weighted by atomic mass is 10.3. The summed E-state index contributed by atoms with van der Waals surface area (Å²) in [4.78, 5) is 1.32. The molecule has 0 saturated heterocycles. The highest BCUT2D eigenvalue weighted by molar-refractivity contribution is 7.05. The molecule has 9 heavy (non-hydrogen) atoms. The van der Waals surface area contributed by atoms with Crippen LogP contribution in [0.5, 0.6) is 0 Å². The van der Waals surface area contributed by atoms with Gasteiger partial charge in [0.15, 0.2) is 0 Å². The fourth-order valence-corrected chi connectivity index (χ4v) is 0.913. The van der Waals surface area contributed by atoms with Crippen molar-refractivity contribution in [2.24, 2.45) is 0 Å². The van der Waals surface area contributed by atoms with Crippen LogP contribution >= 0.6 is 11.5 Å². The van der Waals surface area contributed by atoms with Gasteiger partial charge in [-0.3, -0.25) is 0 Å².